The second-order valence-electron chi connectivity index (χ2n) is 4.14. The summed E-state index contributed by atoms with van der Waals surface area (Å²) in [6, 6.07) is 4.10. The Morgan fingerprint density at radius 3 is 2.88 bits per heavy atom. The zero-order valence-corrected chi connectivity index (χ0v) is 10.2. The van der Waals surface area contributed by atoms with Gasteiger partial charge in [-0.25, -0.2) is 0 Å². The Morgan fingerprint density at radius 1 is 1.53 bits per heavy atom. The van der Waals surface area contributed by atoms with Gasteiger partial charge in [0.05, 0.1) is 6.26 Å². The average molecular weight is 234 g/mol. The van der Waals surface area contributed by atoms with E-state index in [-0.39, 0.29) is 6.04 Å². The Kier molecular flexibility index (Phi) is 3.61. The smallest absolute Gasteiger partial charge is 0.105 e. The maximum absolute atomic E-state index is 5.60. The van der Waals surface area contributed by atoms with Crippen molar-refractivity contribution < 1.29 is 4.42 Å². The molecule has 2 aromatic rings. The molecule has 1 atom stereocenters. The van der Waals surface area contributed by atoms with Crippen molar-refractivity contribution >= 4 is 0 Å². The number of nitrogens with two attached hydrogens (primary N) is 1. The summed E-state index contributed by atoms with van der Waals surface area (Å²) in [5.74, 6) is 6.51. The Morgan fingerprint density at radius 2 is 2.35 bits per heavy atom. The van der Waals surface area contributed by atoms with Crippen LogP contribution in [0.3, 0.4) is 0 Å². The predicted molar refractivity (Wildman–Crippen MR) is 65.0 cm³/mol. The van der Waals surface area contributed by atoms with E-state index in [0.29, 0.717) is 0 Å². The van der Waals surface area contributed by atoms with E-state index in [1.165, 1.54) is 5.69 Å². The largest absolute Gasteiger partial charge is 0.469 e. The first-order valence-corrected chi connectivity index (χ1v) is 5.69. The van der Waals surface area contributed by atoms with Gasteiger partial charge in [0, 0.05) is 30.5 Å². The fraction of sp³-hybridized carbons (Fsp3) is 0.417. The molecule has 0 aliphatic rings. The maximum Gasteiger partial charge on any atom is 0.105 e. The Hall–Kier alpha value is -1.59. The lowest BCUT2D eigenvalue weighted by molar-refractivity contribution is 0.481. The molecule has 0 aromatic carbocycles. The van der Waals surface area contributed by atoms with Crippen LogP contribution in [0.4, 0.5) is 0 Å². The normalized spacial score (nSPS) is 12.9. The number of aromatic nitrogens is 2. The molecule has 3 N–H and O–H groups in total. The van der Waals surface area contributed by atoms with Crippen molar-refractivity contribution in [2.24, 2.45) is 12.9 Å². The number of nitrogens with one attached hydrogen (secondary N) is 1. The van der Waals surface area contributed by atoms with Crippen LogP contribution in [0.25, 0.3) is 0 Å². The van der Waals surface area contributed by atoms with E-state index in [1.807, 2.05) is 37.0 Å². The van der Waals surface area contributed by atoms with E-state index >= 15 is 0 Å². The Labute approximate surface area is 101 Å². The highest BCUT2D eigenvalue weighted by Gasteiger charge is 2.14. The molecular formula is C12H18N4O. The summed E-state index contributed by atoms with van der Waals surface area (Å²) >= 11 is 0. The summed E-state index contributed by atoms with van der Waals surface area (Å²) in [6.07, 6.45) is 5.34. The van der Waals surface area contributed by atoms with Crippen LogP contribution >= 0.6 is 0 Å². The third kappa shape index (κ3) is 2.57. The van der Waals surface area contributed by atoms with Crippen LogP contribution in [0.15, 0.2) is 29.0 Å². The molecule has 0 saturated carbocycles. The van der Waals surface area contributed by atoms with E-state index in [1.54, 1.807) is 6.26 Å². The van der Waals surface area contributed by atoms with Crippen molar-refractivity contribution in [3.05, 3.63) is 41.6 Å². The van der Waals surface area contributed by atoms with Crippen LogP contribution in [-0.2, 0) is 13.5 Å². The third-order valence-corrected chi connectivity index (χ3v) is 3.09. The molecule has 92 valence electrons. The topological polar surface area (TPSA) is 69.0 Å². The summed E-state index contributed by atoms with van der Waals surface area (Å²) < 4.78 is 7.18. The van der Waals surface area contributed by atoms with Crippen molar-refractivity contribution in [2.45, 2.75) is 25.8 Å². The molecule has 0 saturated heterocycles. The molecule has 0 amide bonds. The average Bonchev–Trinajstić information content (AvgIpc) is 2.90. The lowest BCUT2D eigenvalue weighted by Gasteiger charge is -2.15. The van der Waals surface area contributed by atoms with Crippen LogP contribution in [0.1, 0.15) is 29.5 Å². The van der Waals surface area contributed by atoms with Gasteiger partial charge in [-0.3, -0.25) is 16.0 Å². The molecule has 0 radical (unpaired) electrons. The summed E-state index contributed by atoms with van der Waals surface area (Å²) in [5, 5.41) is 4.15. The van der Waals surface area contributed by atoms with Crippen molar-refractivity contribution in [1.82, 2.24) is 15.2 Å². The minimum atomic E-state index is 0.114. The molecule has 2 rings (SSSR count). The molecule has 5 heteroatoms. The molecule has 0 aliphatic carbocycles. The number of aryl methyl sites for hydroxylation is 3. The number of hydrogen-bond acceptors (Lipinski definition) is 4. The first kappa shape index (κ1) is 11.9. The van der Waals surface area contributed by atoms with E-state index in [2.05, 4.69) is 10.5 Å². The maximum atomic E-state index is 5.60. The highest BCUT2D eigenvalue weighted by molar-refractivity contribution is 5.20. The van der Waals surface area contributed by atoms with E-state index in [0.717, 1.165) is 24.2 Å². The molecule has 1 unspecified atom stereocenters. The summed E-state index contributed by atoms with van der Waals surface area (Å²) in [7, 11) is 1.95. The van der Waals surface area contributed by atoms with Gasteiger partial charge in [0.25, 0.3) is 0 Å². The zero-order chi connectivity index (χ0) is 12.3. The minimum absolute atomic E-state index is 0.114. The molecule has 2 heterocycles. The molecule has 5 nitrogen and oxygen atoms in total. The second kappa shape index (κ2) is 5.16. The monoisotopic (exact) mass is 234 g/mol. The first-order chi connectivity index (χ1) is 8.22. The molecule has 0 spiro atoms. The highest BCUT2D eigenvalue weighted by atomic mass is 16.3. The van der Waals surface area contributed by atoms with Crippen molar-refractivity contribution in [3.8, 4) is 0 Å². The van der Waals surface area contributed by atoms with Crippen molar-refractivity contribution in [3.63, 3.8) is 0 Å². The van der Waals surface area contributed by atoms with Gasteiger partial charge in [-0.05, 0) is 31.9 Å². The fourth-order valence-electron chi connectivity index (χ4n) is 2.02. The lowest BCUT2D eigenvalue weighted by atomic mass is 10.0. The molecule has 17 heavy (non-hydrogen) atoms. The standard InChI is InChI=1S/C12H18N4O/c1-9-11(6-8-17-9)12(15-13)4-3-10-5-7-14-16(10)2/h5-8,12,15H,3-4,13H2,1-2H3. The van der Waals surface area contributed by atoms with Crippen LogP contribution < -0.4 is 11.3 Å². The number of nitrogens with zero attached hydrogens (tertiary/aromatic N) is 2. The minimum Gasteiger partial charge on any atom is -0.469 e. The first-order valence-electron chi connectivity index (χ1n) is 5.69. The molecule has 0 bridgehead atoms. The van der Waals surface area contributed by atoms with Crippen LogP contribution in [0.2, 0.25) is 0 Å². The SMILES string of the molecule is Cc1occc1C(CCc1ccnn1C)NN. The molecular weight excluding hydrogens is 216 g/mol. The highest BCUT2D eigenvalue weighted by Crippen LogP contribution is 2.22. The fourth-order valence-corrected chi connectivity index (χ4v) is 2.02. The van der Waals surface area contributed by atoms with Gasteiger partial charge in [-0.1, -0.05) is 0 Å². The Balaban J connectivity index is 2.02. The number of furan rings is 1. The number of rotatable bonds is 5. The lowest BCUT2D eigenvalue weighted by Crippen LogP contribution is -2.28. The third-order valence-electron chi connectivity index (χ3n) is 3.09. The van der Waals surface area contributed by atoms with Crippen LogP contribution in [0, 0.1) is 6.92 Å². The molecule has 2 aromatic heterocycles. The van der Waals surface area contributed by atoms with Crippen LogP contribution in [-0.4, -0.2) is 9.78 Å². The van der Waals surface area contributed by atoms with Crippen molar-refractivity contribution in [2.75, 3.05) is 0 Å². The molecule has 0 aliphatic heterocycles. The van der Waals surface area contributed by atoms with Gasteiger partial charge in [-0.2, -0.15) is 5.10 Å². The van der Waals surface area contributed by atoms with E-state index in [9.17, 15) is 0 Å². The van der Waals surface area contributed by atoms with Gasteiger partial charge in [0.2, 0.25) is 0 Å². The second-order valence-corrected chi connectivity index (χ2v) is 4.14. The quantitative estimate of drug-likeness (QED) is 0.607. The summed E-state index contributed by atoms with van der Waals surface area (Å²) in [6.45, 7) is 1.95. The van der Waals surface area contributed by atoms with E-state index < -0.39 is 0 Å². The van der Waals surface area contributed by atoms with Gasteiger partial charge >= 0.3 is 0 Å². The zero-order valence-electron chi connectivity index (χ0n) is 10.2. The summed E-state index contributed by atoms with van der Waals surface area (Å²) in [4.78, 5) is 0. The van der Waals surface area contributed by atoms with Crippen LogP contribution in [0.5, 0.6) is 0 Å². The van der Waals surface area contributed by atoms with Crippen molar-refractivity contribution in [1.29, 1.82) is 0 Å². The molecule has 0 fully saturated rings. The number of hydrazine groups is 1. The van der Waals surface area contributed by atoms with Gasteiger partial charge < -0.3 is 4.42 Å². The van der Waals surface area contributed by atoms with Gasteiger partial charge in [0.1, 0.15) is 5.76 Å². The van der Waals surface area contributed by atoms with E-state index in [4.69, 9.17) is 10.3 Å². The Bertz CT molecular complexity index is 474. The van der Waals surface area contributed by atoms with Gasteiger partial charge in [0.15, 0.2) is 0 Å². The number of hydrogen-bond donors (Lipinski definition) is 2. The predicted octanol–water partition coefficient (Wildman–Crippen LogP) is 1.46. The van der Waals surface area contributed by atoms with Gasteiger partial charge in [-0.15, -0.1) is 0 Å². The summed E-state index contributed by atoms with van der Waals surface area (Å²) in [5.41, 5.74) is 5.16.